The average molecular weight is 299 g/mol. The van der Waals surface area contributed by atoms with Crippen LogP contribution in [-0.4, -0.2) is 14.2 Å². The van der Waals surface area contributed by atoms with E-state index in [-0.39, 0.29) is 5.56 Å². The molecule has 20 heavy (non-hydrogen) atoms. The van der Waals surface area contributed by atoms with Crippen LogP contribution in [-0.2, 0) is 0 Å². The summed E-state index contributed by atoms with van der Waals surface area (Å²) in [7, 11) is 3.01. The van der Waals surface area contributed by atoms with Gasteiger partial charge in [0.15, 0.2) is 0 Å². The molecule has 2 aromatic rings. The zero-order valence-corrected chi connectivity index (χ0v) is 11.7. The molecule has 0 saturated heterocycles. The molecule has 0 bridgehead atoms. The fraction of sp³-hybridized carbons (Fsp3) is 0.200. The lowest BCUT2D eigenvalue weighted by Gasteiger charge is -2.14. The first-order valence-electron chi connectivity index (χ1n) is 5.87. The summed E-state index contributed by atoms with van der Waals surface area (Å²) in [6.45, 7) is 0. The molecule has 2 aromatic carbocycles. The molecule has 0 spiro atoms. The maximum absolute atomic E-state index is 13.8. The van der Waals surface area contributed by atoms with Crippen LogP contribution < -0.4 is 9.47 Å². The lowest BCUT2D eigenvalue weighted by molar-refractivity contribution is 0.393. The molecule has 0 N–H and O–H groups in total. The molecule has 2 nitrogen and oxygen atoms in total. The summed E-state index contributed by atoms with van der Waals surface area (Å²) in [5.74, 6) is -0.0429. The number of hydrogen-bond donors (Lipinski definition) is 0. The molecule has 1 unspecified atom stereocenters. The van der Waals surface area contributed by atoms with E-state index in [4.69, 9.17) is 21.1 Å². The number of alkyl halides is 1. The zero-order chi connectivity index (χ0) is 14.7. The first-order valence-corrected chi connectivity index (χ1v) is 6.30. The monoisotopic (exact) mass is 298 g/mol. The van der Waals surface area contributed by atoms with Crippen LogP contribution in [0, 0.1) is 11.6 Å². The summed E-state index contributed by atoms with van der Waals surface area (Å²) < 4.78 is 37.3. The highest BCUT2D eigenvalue weighted by molar-refractivity contribution is 6.22. The lowest BCUT2D eigenvalue weighted by atomic mass is 10.0. The van der Waals surface area contributed by atoms with Gasteiger partial charge in [-0.3, -0.25) is 0 Å². The van der Waals surface area contributed by atoms with Gasteiger partial charge in [0.05, 0.1) is 19.6 Å². The molecular weight excluding hydrogens is 286 g/mol. The van der Waals surface area contributed by atoms with Gasteiger partial charge in [-0.05, 0) is 35.9 Å². The van der Waals surface area contributed by atoms with Gasteiger partial charge in [0.25, 0.3) is 0 Å². The Balaban J connectivity index is 2.46. The van der Waals surface area contributed by atoms with E-state index in [1.54, 1.807) is 18.2 Å². The quantitative estimate of drug-likeness (QED) is 0.783. The number of ether oxygens (including phenoxy) is 2. The van der Waals surface area contributed by atoms with Crippen molar-refractivity contribution in [2.75, 3.05) is 14.2 Å². The topological polar surface area (TPSA) is 18.5 Å². The van der Waals surface area contributed by atoms with Crippen molar-refractivity contribution in [3.63, 3.8) is 0 Å². The van der Waals surface area contributed by atoms with E-state index in [1.807, 2.05) is 0 Å². The smallest absolute Gasteiger partial charge is 0.128 e. The highest BCUT2D eigenvalue weighted by atomic mass is 35.5. The highest BCUT2D eigenvalue weighted by Crippen LogP contribution is 2.35. The number of methoxy groups -OCH3 is 2. The van der Waals surface area contributed by atoms with Crippen molar-refractivity contribution in [3.8, 4) is 11.5 Å². The maximum Gasteiger partial charge on any atom is 0.128 e. The summed E-state index contributed by atoms with van der Waals surface area (Å²) in [5, 5.41) is -0.838. The van der Waals surface area contributed by atoms with Crippen LogP contribution in [0.5, 0.6) is 11.5 Å². The minimum absolute atomic E-state index is 0.0713. The van der Waals surface area contributed by atoms with Crippen molar-refractivity contribution in [3.05, 3.63) is 59.2 Å². The van der Waals surface area contributed by atoms with Gasteiger partial charge in [-0.15, -0.1) is 11.6 Å². The first-order chi connectivity index (χ1) is 9.55. The minimum atomic E-state index is -0.838. The van der Waals surface area contributed by atoms with Crippen molar-refractivity contribution in [2.24, 2.45) is 0 Å². The lowest BCUT2D eigenvalue weighted by Crippen LogP contribution is -1.99. The van der Waals surface area contributed by atoms with Crippen LogP contribution in [0.2, 0.25) is 0 Å². The van der Waals surface area contributed by atoms with E-state index in [9.17, 15) is 8.78 Å². The van der Waals surface area contributed by atoms with E-state index in [2.05, 4.69) is 0 Å². The maximum atomic E-state index is 13.8. The molecule has 0 aliphatic carbocycles. The summed E-state index contributed by atoms with van der Waals surface area (Å²) in [5.41, 5.74) is 0.634. The predicted octanol–water partition coefficient (Wildman–Crippen LogP) is 4.31. The second kappa shape index (κ2) is 6.09. The van der Waals surface area contributed by atoms with Gasteiger partial charge < -0.3 is 9.47 Å². The standard InChI is InChI=1S/C15H13ClF2O2/c1-19-11-5-9(6-12(8-11)20-2)15(16)13-7-10(17)3-4-14(13)18/h3-8,15H,1-2H3. The van der Waals surface area contributed by atoms with Crippen LogP contribution in [0.15, 0.2) is 36.4 Å². The summed E-state index contributed by atoms with van der Waals surface area (Å²) in [6.07, 6.45) is 0. The second-order valence-electron chi connectivity index (χ2n) is 4.17. The van der Waals surface area contributed by atoms with Gasteiger partial charge in [-0.2, -0.15) is 0 Å². The number of rotatable bonds is 4. The van der Waals surface area contributed by atoms with Crippen LogP contribution in [0.1, 0.15) is 16.5 Å². The second-order valence-corrected chi connectivity index (χ2v) is 4.61. The molecule has 2 rings (SSSR count). The molecule has 0 aliphatic heterocycles. The summed E-state index contributed by atoms with van der Waals surface area (Å²) in [4.78, 5) is 0. The Bertz CT molecular complexity index is 595. The SMILES string of the molecule is COc1cc(OC)cc(C(Cl)c2cc(F)ccc2F)c1. The fourth-order valence-electron chi connectivity index (χ4n) is 1.86. The largest absolute Gasteiger partial charge is 0.497 e. The van der Waals surface area contributed by atoms with Crippen LogP contribution >= 0.6 is 11.6 Å². The number of hydrogen-bond acceptors (Lipinski definition) is 2. The van der Waals surface area contributed by atoms with Crippen LogP contribution in [0.25, 0.3) is 0 Å². The molecule has 5 heteroatoms. The number of benzene rings is 2. The molecule has 0 heterocycles. The van der Waals surface area contributed by atoms with Gasteiger partial charge in [0.1, 0.15) is 23.1 Å². The van der Waals surface area contributed by atoms with Crippen molar-refractivity contribution in [1.82, 2.24) is 0 Å². The Hall–Kier alpha value is -1.81. The van der Waals surface area contributed by atoms with E-state index in [1.165, 1.54) is 14.2 Å². The Kier molecular flexibility index (Phi) is 4.45. The summed E-state index contributed by atoms with van der Waals surface area (Å²) in [6, 6.07) is 8.18. The van der Waals surface area contributed by atoms with Gasteiger partial charge in [0.2, 0.25) is 0 Å². The predicted molar refractivity (Wildman–Crippen MR) is 73.6 cm³/mol. The normalized spacial score (nSPS) is 12.1. The molecule has 0 aliphatic rings. The van der Waals surface area contributed by atoms with Crippen LogP contribution in [0.3, 0.4) is 0 Å². The molecule has 0 radical (unpaired) electrons. The van der Waals surface area contributed by atoms with Gasteiger partial charge >= 0.3 is 0 Å². The Morgan fingerprint density at radius 2 is 1.55 bits per heavy atom. The molecule has 0 fully saturated rings. The molecule has 106 valence electrons. The number of halogens is 3. The molecular formula is C15H13ClF2O2. The van der Waals surface area contributed by atoms with Gasteiger partial charge in [-0.25, -0.2) is 8.78 Å². The summed E-state index contributed by atoms with van der Waals surface area (Å²) >= 11 is 6.25. The van der Waals surface area contributed by atoms with Crippen molar-refractivity contribution in [2.45, 2.75) is 5.38 Å². The van der Waals surface area contributed by atoms with E-state index in [0.29, 0.717) is 17.1 Å². The minimum Gasteiger partial charge on any atom is -0.497 e. The van der Waals surface area contributed by atoms with E-state index in [0.717, 1.165) is 18.2 Å². The van der Waals surface area contributed by atoms with E-state index >= 15 is 0 Å². The van der Waals surface area contributed by atoms with Gasteiger partial charge in [-0.1, -0.05) is 0 Å². The van der Waals surface area contributed by atoms with E-state index < -0.39 is 17.0 Å². The Labute approximate surface area is 120 Å². The fourth-order valence-corrected chi connectivity index (χ4v) is 2.16. The Morgan fingerprint density at radius 1 is 0.950 bits per heavy atom. The average Bonchev–Trinajstić information content (AvgIpc) is 2.48. The molecule has 0 aromatic heterocycles. The van der Waals surface area contributed by atoms with Crippen molar-refractivity contribution in [1.29, 1.82) is 0 Å². The molecule has 0 amide bonds. The van der Waals surface area contributed by atoms with Crippen LogP contribution in [0.4, 0.5) is 8.78 Å². The Morgan fingerprint density at radius 3 is 2.10 bits per heavy atom. The third-order valence-electron chi connectivity index (χ3n) is 2.90. The third kappa shape index (κ3) is 3.02. The first kappa shape index (κ1) is 14.6. The van der Waals surface area contributed by atoms with Crippen molar-refractivity contribution >= 4 is 11.6 Å². The third-order valence-corrected chi connectivity index (χ3v) is 3.38. The highest BCUT2D eigenvalue weighted by Gasteiger charge is 2.18. The molecule has 0 saturated carbocycles. The molecule has 1 atom stereocenters. The zero-order valence-electron chi connectivity index (χ0n) is 11.0. The van der Waals surface area contributed by atoms with Gasteiger partial charge in [0, 0.05) is 11.6 Å². The van der Waals surface area contributed by atoms with Crippen molar-refractivity contribution < 1.29 is 18.3 Å².